The first kappa shape index (κ1) is 19.7. The molecule has 0 bridgehead atoms. The van der Waals surface area contributed by atoms with Crippen molar-refractivity contribution in [3.05, 3.63) is 65.7 Å². The van der Waals surface area contributed by atoms with Crippen molar-refractivity contribution in [2.75, 3.05) is 18.0 Å². The Balaban J connectivity index is 1.92. The van der Waals surface area contributed by atoms with Crippen LogP contribution in [0.3, 0.4) is 0 Å². The van der Waals surface area contributed by atoms with E-state index in [1.807, 2.05) is 42.5 Å². The Morgan fingerprint density at radius 2 is 1.58 bits per heavy atom. The fourth-order valence-corrected chi connectivity index (χ4v) is 2.76. The summed E-state index contributed by atoms with van der Waals surface area (Å²) >= 11 is 0. The van der Waals surface area contributed by atoms with E-state index in [4.69, 9.17) is 0 Å². The maximum absolute atomic E-state index is 12.0. The number of anilines is 1. The minimum Gasteiger partial charge on any atom is -0.354 e. The molecule has 0 aliphatic heterocycles. The van der Waals surface area contributed by atoms with Gasteiger partial charge in [0.1, 0.15) is 0 Å². The lowest BCUT2D eigenvalue weighted by atomic mass is 9.87. The highest BCUT2D eigenvalue weighted by molar-refractivity contribution is 5.91. The van der Waals surface area contributed by atoms with Crippen LogP contribution in [-0.2, 0) is 21.4 Å². The molecule has 4 heteroatoms. The van der Waals surface area contributed by atoms with E-state index in [0.29, 0.717) is 19.5 Å². The second-order valence-electron chi connectivity index (χ2n) is 7.48. The summed E-state index contributed by atoms with van der Waals surface area (Å²) in [5, 5.41) is 2.89. The molecule has 26 heavy (non-hydrogen) atoms. The molecule has 2 amide bonds. The predicted octanol–water partition coefficient (Wildman–Crippen LogP) is 3.70. The predicted molar refractivity (Wildman–Crippen MR) is 106 cm³/mol. The van der Waals surface area contributed by atoms with E-state index in [1.165, 1.54) is 5.56 Å². The number of hydrogen-bond donors (Lipinski definition) is 1. The Hall–Kier alpha value is -2.62. The first-order valence-corrected chi connectivity index (χ1v) is 8.96. The van der Waals surface area contributed by atoms with Crippen LogP contribution < -0.4 is 10.2 Å². The van der Waals surface area contributed by atoms with Gasteiger partial charge in [0, 0.05) is 25.7 Å². The Morgan fingerprint density at radius 3 is 2.12 bits per heavy atom. The summed E-state index contributed by atoms with van der Waals surface area (Å²) in [7, 11) is 0. The van der Waals surface area contributed by atoms with E-state index in [-0.39, 0.29) is 17.2 Å². The third kappa shape index (κ3) is 5.73. The summed E-state index contributed by atoms with van der Waals surface area (Å²) in [6.07, 6.45) is 0.348. The number of hydrogen-bond acceptors (Lipinski definition) is 2. The number of carbonyl (C=O) groups is 2. The van der Waals surface area contributed by atoms with Gasteiger partial charge < -0.3 is 10.2 Å². The minimum absolute atomic E-state index is 0.0363. The molecule has 2 aromatic rings. The van der Waals surface area contributed by atoms with Crippen molar-refractivity contribution >= 4 is 17.5 Å². The highest BCUT2D eigenvalue weighted by Crippen LogP contribution is 2.24. The normalized spacial score (nSPS) is 11.1. The second-order valence-corrected chi connectivity index (χ2v) is 7.48. The zero-order valence-corrected chi connectivity index (χ0v) is 16.1. The van der Waals surface area contributed by atoms with Crippen LogP contribution in [0.15, 0.2) is 54.6 Å². The standard InChI is InChI=1S/C22H28N2O2/c1-17(25)24(20-12-10-19(11-13-20)22(2,3)4)15-14-23-21(26)16-18-8-6-5-7-9-18/h5-13H,14-16H2,1-4H3,(H,23,26). The number of rotatable bonds is 6. The Kier molecular flexibility index (Phi) is 6.56. The topological polar surface area (TPSA) is 49.4 Å². The molecule has 0 saturated carbocycles. The van der Waals surface area contributed by atoms with Crippen LogP contribution >= 0.6 is 0 Å². The molecule has 0 atom stereocenters. The molecule has 1 N–H and O–H groups in total. The molecule has 4 nitrogen and oxygen atoms in total. The van der Waals surface area contributed by atoms with Gasteiger partial charge in [-0.2, -0.15) is 0 Å². The smallest absolute Gasteiger partial charge is 0.224 e. The molecule has 0 radical (unpaired) electrons. The van der Waals surface area contributed by atoms with Gasteiger partial charge >= 0.3 is 0 Å². The molecule has 138 valence electrons. The van der Waals surface area contributed by atoms with Crippen LogP contribution in [0.1, 0.15) is 38.8 Å². The molecule has 2 rings (SSSR count). The molecule has 0 unspecified atom stereocenters. The molecule has 0 spiro atoms. The maximum Gasteiger partial charge on any atom is 0.224 e. The lowest BCUT2D eigenvalue weighted by Gasteiger charge is -2.24. The van der Waals surface area contributed by atoms with Crippen LogP contribution in [-0.4, -0.2) is 24.9 Å². The highest BCUT2D eigenvalue weighted by atomic mass is 16.2. The van der Waals surface area contributed by atoms with Crippen molar-refractivity contribution in [2.45, 2.75) is 39.5 Å². The van der Waals surface area contributed by atoms with Gasteiger partial charge in [0.2, 0.25) is 11.8 Å². The van der Waals surface area contributed by atoms with Crippen molar-refractivity contribution in [1.29, 1.82) is 0 Å². The molecule has 0 heterocycles. The van der Waals surface area contributed by atoms with Gasteiger partial charge in [-0.3, -0.25) is 9.59 Å². The Morgan fingerprint density at radius 1 is 0.962 bits per heavy atom. The van der Waals surface area contributed by atoms with Crippen LogP contribution in [0.5, 0.6) is 0 Å². The minimum atomic E-state index is -0.0391. The van der Waals surface area contributed by atoms with Gasteiger partial charge in [0.15, 0.2) is 0 Å². The summed E-state index contributed by atoms with van der Waals surface area (Å²) < 4.78 is 0. The van der Waals surface area contributed by atoms with E-state index >= 15 is 0 Å². The number of nitrogens with zero attached hydrogens (tertiary/aromatic N) is 1. The maximum atomic E-state index is 12.0. The number of nitrogens with one attached hydrogen (secondary N) is 1. The Bertz CT molecular complexity index is 731. The largest absolute Gasteiger partial charge is 0.354 e. The monoisotopic (exact) mass is 352 g/mol. The van der Waals surface area contributed by atoms with E-state index in [1.54, 1.807) is 11.8 Å². The average molecular weight is 352 g/mol. The molecule has 0 aliphatic carbocycles. The summed E-state index contributed by atoms with van der Waals surface area (Å²) in [4.78, 5) is 25.7. The molecule has 2 aromatic carbocycles. The molecule has 0 fully saturated rings. The van der Waals surface area contributed by atoms with Crippen LogP contribution in [0.4, 0.5) is 5.69 Å². The molecule has 0 saturated heterocycles. The quantitative estimate of drug-likeness (QED) is 0.862. The van der Waals surface area contributed by atoms with Gasteiger partial charge in [-0.1, -0.05) is 63.2 Å². The van der Waals surface area contributed by atoms with Gasteiger partial charge in [-0.05, 0) is 28.7 Å². The summed E-state index contributed by atoms with van der Waals surface area (Å²) in [5.41, 5.74) is 3.13. The van der Waals surface area contributed by atoms with Gasteiger partial charge in [0.05, 0.1) is 6.42 Å². The van der Waals surface area contributed by atoms with Gasteiger partial charge in [0.25, 0.3) is 0 Å². The summed E-state index contributed by atoms with van der Waals surface area (Å²) in [6, 6.07) is 17.7. The van der Waals surface area contributed by atoms with Crippen LogP contribution in [0.2, 0.25) is 0 Å². The van der Waals surface area contributed by atoms with E-state index in [9.17, 15) is 9.59 Å². The zero-order valence-electron chi connectivity index (χ0n) is 16.1. The zero-order chi connectivity index (χ0) is 19.2. The van der Waals surface area contributed by atoms with Crippen molar-refractivity contribution in [3.63, 3.8) is 0 Å². The highest BCUT2D eigenvalue weighted by Gasteiger charge is 2.16. The second kappa shape index (κ2) is 8.65. The Labute approximate surface area is 156 Å². The molecule has 0 aromatic heterocycles. The SMILES string of the molecule is CC(=O)N(CCNC(=O)Cc1ccccc1)c1ccc(C(C)(C)C)cc1. The van der Waals surface area contributed by atoms with Crippen LogP contribution in [0, 0.1) is 0 Å². The summed E-state index contributed by atoms with van der Waals surface area (Å²) in [6.45, 7) is 8.90. The average Bonchev–Trinajstić information content (AvgIpc) is 2.58. The van der Waals surface area contributed by atoms with E-state index in [0.717, 1.165) is 11.3 Å². The third-order valence-electron chi connectivity index (χ3n) is 4.29. The molecule has 0 aliphatic rings. The first-order chi connectivity index (χ1) is 12.3. The fraction of sp³-hybridized carbons (Fsp3) is 0.364. The number of carbonyl (C=O) groups excluding carboxylic acids is 2. The van der Waals surface area contributed by atoms with Crippen molar-refractivity contribution in [3.8, 4) is 0 Å². The number of amides is 2. The first-order valence-electron chi connectivity index (χ1n) is 8.96. The van der Waals surface area contributed by atoms with Gasteiger partial charge in [-0.25, -0.2) is 0 Å². The third-order valence-corrected chi connectivity index (χ3v) is 4.29. The van der Waals surface area contributed by atoms with Crippen molar-refractivity contribution in [1.82, 2.24) is 5.32 Å². The van der Waals surface area contributed by atoms with Gasteiger partial charge in [-0.15, -0.1) is 0 Å². The van der Waals surface area contributed by atoms with Crippen molar-refractivity contribution < 1.29 is 9.59 Å². The van der Waals surface area contributed by atoms with Crippen LogP contribution in [0.25, 0.3) is 0 Å². The number of benzene rings is 2. The fourth-order valence-electron chi connectivity index (χ4n) is 2.76. The lowest BCUT2D eigenvalue weighted by Crippen LogP contribution is -2.38. The summed E-state index contributed by atoms with van der Waals surface area (Å²) in [5.74, 6) is -0.0754. The van der Waals surface area contributed by atoms with E-state index in [2.05, 4.69) is 38.2 Å². The lowest BCUT2D eigenvalue weighted by molar-refractivity contribution is -0.121. The van der Waals surface area contributed by atoms with E-state index < -0.39 is 0 Å². The van der Waals surface area contributed by atoms with Crippen molar-refractivity contribution in [2.24, 2.45) is 0 Å². The molecular formula is C22H28N2O2. The molecular weight excluding hydrogens is 324 g/mol.